The maximum Gasteiger partial charge on any atom is 0.338 e. The summed E-state index contributed by atoms with van der Waals surface area (Å²) in [6.45, 7) is 4.53. The number of aliphatic hydroxyl groups is 1. The fourth-order valence-electron chi connectivity index (χ4n) is 1.48. The zero-order valence-corrected chi connectivity index (χ0v) is 8.08. The number of carbonyl (C=O) groups is 1. The molecule has 0 unspecified atom stereocenters. The molecule has 1 aliphatic carbocycles. The van der Waals surface area contributed by atoms with Crippen LogP contribution in [0.1, 0.15) is 26.7 Å². The van der Waals surface area contributed by atoms with Gasteiger partial charge in [-0.15, -0.1) is 0 Å². The van der Waals surface area contributed by atoms with Gasteiger partial charge in [0.2, 0.25) is 0 Å². The van der Waals surface area contributed by atoms with Crippen LogP contribution < -0.4 is 0 Å². The molecule has 1 saturated carbocycles. The van der Waals surface area contributed by atoms with Gasteiger partial charge in [0.1, 0.15) is 0 Å². The topological polar surface area (TPSA) is 55.8 Å². The summed E-state index contributed by atoms with van der Waals surface area (Å²) in [4.78, 5) is 11.2. The average Bonchev–Trinajstić information content (AvgIpc) is 2.02. The van der Waals surface area contributed by atoms with Gasteiger partial charge in [-0.1, -0.05) is 0 Å². The minimum absolute atomic E-state index is 0.0133. The molecule has 0 aromatic heterocycles. The Balaban J connectivity index is 2.32. The van der Waals surface area contributed by atoms with E-state index in [0.29, 0.717) is 26.1 Å². The van der Waals surface area contributed by atoms with Crippen molar-refractivity contribution in [2.45, 2.75) is 38.4 Å². The maximum atomic E-state index is 11.2. The first-order chi connectivity index (χ1) is 6.12. The van der Waals surface area contributed by atoms with Gasteiger partial charge in [0.05, 0.1) is 12.7 Å². The molecular formula is C9H16O4. The number of hydrogen-bond acceptors (Lipinski definition) is 4. The molecule has 0 atom stereocenters. The van der Waals surface area contributed by atoms with Crippen LogP contribution in [0.15, 0.2) is 0 Å². The van der Waals surface area contributed by atoms with Crippen molar-refractivity contribution >= 4 is 5.97 Å². The fraction of sp³-hybridized carbons (Fsp3) is 0.889. The molecule has 76 valence electrons. The SMILES string of the molecule is CCOC(=O)C1(O)CC(OCC)C1. The monoisotopic (exact) mass is 188 g/mol. The highest BCUT2D eigenvalue weighted by Crippen LogP contribution is 2.35. The van der Waals surface area contributed by atoms with Crippen molar-refractivity contribution in [3.63, 3.8) is 0 Å². The van der Waals surface area contributed by atoms with Crippen LogP contribution >= 0.6 is 0 Å². The van der Waals surface area contributed by atoms with E-state index >= 15 is 0 Å². The standard InChI is InChI=1S/C9H16O4/c1-3-12-7-5-9(11,6-7)8(10)13-4-2/h7,11H,3-6H2,1-2H3. The summed E-state index contributed by atoms with van der Waals surface area (Å²) < 4.78 is 9.96. The summed E-state index contributed by atoms with van der Waals surface area (Å²) in [7, 11) is 0. The van der Waals surface area contributed by atoms with E-state index in [1.165, 1.54) is 0 Å². The summed E-state index contributed by atoms with van der Waals surface area (Å²) in [5.74, 6) is -0.522. The van der Waals surface area contributed by atoms with E-state index in [1.807, 2.05) is 6.92 Å². The Bertz CT molecular complexity index is 184. The van der Waals surface area contributed by atoms with Gasteiger partial charge in [0, 0.05) is 19.4 Å². The summed E-state index contributed by atoms with van der Waals surface area (Å²) in [6, 6.07) is 0. The lowest BCUT2D eigenvalue weighted by Crippen LogP contribution is -2.54. The van der Waals surface area contributed by atoms with Crippen molar-refractivity contribution < 1.29 is 19.4 Å². The van der Waals surface area contributed by atoms with Crippen molar-refractivity contribution in [1.29, 1.82) is 0 Å². The first-order valence-electron chi connectivity index (χ1n) is 4.63. The zero-order chi connectivity index (χ0) is 9.90. The molecule has 1 aliphatic rings. The van der Waals surface area contributed by atoms with Gasteiger partial charge in [-0.05, 0) is 13.8 Å². The number of hydrogen-bond donors (Lipinski definition) is 1. The van der Waals surface area contributed by atoms with E-state index in [1.54, 1.807) is 6.92 Å². The Morgan fingerprint density at radius 1 is 1.46 bits per heavy atom. The second-order valence-electron chi connectivity index (χ2n) is 3.24. The van der Waals surface area contributed by atoms with Crippen LogP contribution in [0.5, 0.6) is 0 Å². The Morgan fingerprint density at radius 3 is 2.54 bits per heavy atom. The van der Waals surface area contributed by atoms with Crippen LogP contribution in [0.4, 0.5) is 0 Å². The quantitative estimate of drug-likeness (QED) is 0.652. The molecule has 13 heavy (non-hydrogen) atoms. The molecule has 0 spiro atoms. The number of carbonyl (C=O) groups excluding carboxylic acids is 1. The molecule has 1 N–H and O–H groups in total. The van der Waals surface area contributed by atoms with E-state index in [-0.39, 0.29) is 6.10 Å². The van der Waals surface area contributed by atoms with Crippen LogP contribution in [0.25, 0.3) is 0 Å². The van der Waals surface area contributed by atoms with E-state index in [2.05, 4.69) is 0 Å². The largest absolute Gasteiger partial charge is 0.464 e. The van der Waals surface area contributed by atoms with E-state index in [4.69, 9.17) is 9.47 Å². The smallest absolute Gasteiger partial charge is 0.338 e. The highest BCUT2D eigenvalue weighted by atomic mass is 16.6. The van der Waals surface area contributed by atoms with Gasteiger partial charge in [-0.3, -0.25) is 0 Å². The Hall–Kier alpha value is -0.610. The highest BCUT2D eigenvalue weighted by molar-refractivity contribution is 5.80. The molecule has 1 rings (SSSR count). The van der Waals surface area contributed by atoms with Crippen LogP contribution in [0.2, 0.25) is 0 Å². The van der Waals surface area contributed by atoms with E-state index < -0.39 is 11.6 Å². The molecule has 0 radical (unpaired) electrons. The third kappa shape index (κ3) is 2.19. The van der Waals surface area contributed by atoms with Crippen LogP contribution in [-0.2, 0) is 14.3 Å². The molecule has 0 amide bonds. The summed E-state index contributed by atoms with van der Waals surface area (Å²) in [5, 5.41) is 9.65. The Kier molecular flexibility index (Phi) is 3.27. The molecule has 0 bridgehead atoms. The highest BCUT2D eigenvalue weighted by Gasteiger charge is 2.50. The summed E-state index contributed by atoms with van der Waals surface area (Å²) in [5.41, 5.74) is -1.28. The molecule has 0 saturated heterocycles. The van der Waals surface area contributed by atoms with Crippen molar-refractivity contribution in [2.24, 2.45) is 0 Å². The number of esters is 1. The van der Waals surface area contributed by atoms with Gasteiger partial charge in [0.25, 0.3) is 0 Å². The van der Waals surface area contributed by atoms with Gasteiger partial charge in [0.15, 0.2) is 5.60 Å². The van der Waals surface area contributed by atoms with Gasteiger partial charge < -0.3 is 14.6 Å². The molecule has 0 heterocycles. The number of ether oxygens (including phenoxy) is 2. The first-order valence-corrected chi connectivity index (χ1v) is 4.63. The van der Waals surface area contributed by atoms with Gasteiger partial charge >= 0.3 is 5.97 Å². The van der Waals surface area contributed by atoms with Crippen molar-refractivity contribution in [2.75, 3.05) is 13.2 Å². The minimum atomic E-state index is -1.28. The van der Waals surface area contributed by atoms with Crippen molar-refractivity contribution in [3.8, 4) is 0 Å². The molecular weight excluding hydrogens is 172 g/mol. The van der Waals surface area contributed by atoms with Crippen LogP contribution in [0.3, 0.4) is 0 Å². The van der Waals surface area contributed by atoms with Gasteiger partial charge in [-0.25, -0.2) is 4.79 Å². The summed E-state index contributed by atoms with van der Waals surface area (Å²) >= 11 is 0. The Morgan fingerprint density at radius 2 is 2.08 bits per heavy atom. The third-order valence-corrected chi connectivity index (χ3v) is 2.19. The lowest BCUT2D eigenvalue weighted by molar-refractivity contribution is -0.192. The zero-order valence-electron chi connectivity index (χ0n) is 8.08. The predicted octanol–water partition coefficient (Wildman–Crippen LogP) is 0.479. The molecule has 0 aromatic rings. The second kappa shape index (κ2) is 4.07. The average molecular weight is 188 g/mol. The normalized spacial score (nSPS) is 32.4. The van der Waals surface area contributed by atoms with Crippen LogP contribution in [0, 0.1) is 0 Å². The Labute approximate surface area is 77.8 Å². The minimum Gasteiger partial charge on any atom is -0.464 e. The molecule has 4 heteroatoms. The molecule has 0 aliphatic heterocycles. The van der Waals surface area contributed by atoms with E-state index in [9.17, 15) is 9.90 Å². The maximum absolute atomic E-state index is 11.2. The van der Waals surface area contributed by atoms with Crippen molar-refractivity contribution in [1.82, 2.24) is 0 Å². The fourth-order valence-corrected chi connectivity index (χ4v) is 1.48. The van der Waals surface area contributed by atoms with Gasteiger partial charge in [-0.2, -0.15) is 0 Å². The lowest BCUT2D eigenvalue weighted by Gasteiger charge is -2.40. The number of rotatable bonds is 4. The predicted molar refractivity (Wildman–Crippen MR) is 46.2 cm³/mol. The third-order valence-electron chi connectivity index (χ3n) is 2.19. The molecule has 0 aromatic carbocycles. The second-order valence-corrected chi connectivity index (χ2v) is 3.24. The lowest BCUT2D eigenvalue weighted by atomic mass is 9.77. The molecule has 4 nitrogen and oxygen atoms in total. The van der Waals surface area contributed by atoms with Crippen LogP contribution in [-0.4, -0.2) is 36.0 Å². The van der Waals surface area contributed by atoms with E-state index in [0.717, 1.165) is 0 Å². The van der Waals surface area contributed by atoms with Crippen molar-refractivity contribution in [3.05, 3.63) is 0 Å². The first kappa shape index (κ1) is 10.5. The molecule has 1 fully saturated rings. The summed E-state index contributed by atoms with van der Waals surface area (Å²) in [6.07, 6.45) is 0.735.